The van der Waals surface area contributed by atoms with E-state index in [0.717, 1.165) is 44.8 Å². The van der Waals surface area contributed by atoms with Crippen molar-refractivity contribution in [3.05, 3.63) is 181 Å². The largest absolute Gasteiger partial charge is 0.366 e. The second kappa shape index (κ2) is 15.1. The molecule has 0 bridgehead atoms. The van der Waals surface area contributed by atoms with Crippen molar-refractivity contribution < 1.29 is 20.1 Å². The van der Waals surface area contributed by atoms with Crippen molar-refractivity contribution in [1.82, 2.24) is 23.5 Å². The van der Waals surface area contributed by atoms with Crippen LogP contribution in [0.4, 0.5) is 0 Å². The van der Waals surface area contributed by atoms with E-state index in [1.807, 2.05) is 36.4 Å². The fraction of sp³-hybridized carbons (Fsp3) is 0.127. The molecule has 0 spiro atoms. The number of benzene rings is 8. The molecule has 4 aromatic heterocycles. The van der Waals surface area contributed by atoms with E-state index in [1.54, 1.807) is 0 Å². The van der Waals surface area contributed by atoms with Gasteiger partial charge in [-0.1, -0.05) is 107 Å². The molecule has 12 aromatic rings. The zero-order valence-electron chi connectivity index (χ0n) is 34.7. The Kier molecular flexibility index (Phi) is 9.59. The number of hydrogen-bond acceptors (Lipinski definition) is 2. The summed E-state index contributed by atoms with van der Waals surface area (Å²) >= 11 is 0. The van der Waals surface area contributed by atoms with Crippen LogP contribution < -0.4 is 0 Å². The molecule has 299 valence electrons. The minimum Gasteiger partial charge on any atom is -0.366 e. The second-order valence-corrected chi connectivity index (χ2v) is 16.4. The Hall–Kier alpha value is -6.59. The third kappa shape index (κ3) is 6.00. The Morgan fingerprint density at radius 2 is 1.03 bits per heavy atom. The van der Waals surface area contributed by atoms with Gasteiger partial charge >= 0.3 is 0 Å². The molecule has 4 heterocycles. The van der Waals surface area contributed by atoms with Crippen LogP contribution >= 0.6 is 0 Å². The number of aromatic nitrogens is 5. The van der Waals surface area contributed by atoms with Gasteiger partial charge in [0.25, 0.3) is 0 Å². The van der Waals surface area contributed by atoms with Crippen LogP contribution in [0.2, 0.25) is 0 Å². The minimum atomic E-state index is 0. The molecular weight excluding hydrogens is 923 g/mol. The van der Waals surface area contributed by atoms with Crippen molar-refractivity contribution >= 4 is 70.9 Å². The summed E-state index contributed by atoms with van der Waals surface area (Å²) in [4.78, 5) is 9.95. The smallest absolute Gasteiger partial charge is 0.0777 e. The van der Waals surface area contributed by atoms with E-state index in [0.29, 0.717) is 11.8 Å². The van der Waals surface area contributed by atoms with Gasteiger partial charge in [0, 0.05) is 59.8 Å². The quantitative estimate of drug-likeness (QED) is 0.161. The second-order valence-electron chi connectivity index (χ2n) is 16.4. The number of rotatable bonds is 5. The van der Waals surface area contributed by atoms with Crippen LogP contribution in [-0.4, -0.2) is 23.5 Å². The van der Waals surface area contributed by atoms with Gasteiger partial charge in [-0.3, -0.25) is 9.97 Å². The molecule has 0 atom stereocenters. The molecule has 12 rings (SSSR count). The predicted octanol–water partition coefficient (Wildman–Crippen LogP) is 14.1. The Labute approximate surface area is 368 Å². The standard InChI is InChI=1S/C30H18N3.C25H25N2.Ir/c1-32-29-22-15-17-26-27(20(22)14-16-24(29)31-30(32)18-8-3-2-4-9-18)23-12-7-11-21-19-10-5-6-13-25(19)33(26)28(21)23;1-17(2)20-13-10-14-21(18(3)4)24(20)27-23-16-9-8-15-22(23)26-25(27)19-11-6-5-7-12-19;/h2-8,10-17H,1H3;5-11,13-18H,1-4H3;/q2*-1;. The average Bonchev–Trinajstić information content (AvgIpc) is 4.04. The molecule has 1 radical (unpaired) electrons. The average molecular weight is 966 g/mol. The molecule has 0 N–H and O–H groups in total. The molecule has 0 saturated carbocycles. The summed E-state index contributed by atoms with van der Waals surface area (Å²) in [6, 6.07) is 62.3. The van der Waals surface area contributed by atoms with E-state index in [2.05, 4.69) is 182 Å². The van der Waals surface area contributed by atoms with Gasteiger partial charge < -0.3 is 13.5 Å². The molecule has 0 fully saturated rings. The maximum absolute atomic E-state index is 4.99. The summed E-state index contributed by atoms with van der Waals surface area (Å²) < 4.78 is 6.99. The monoisotopic (exact) mass is 966 g/mol. The summed E-state index contributed by atoms with van der Waals surface area (Å²) in [6.45, 7) is 9.04. The summed E-state index contributed by atoms with van der Waals surface area (Å²) in [6.07, 6.45) is 0. The van der Waals surface area contributed by atoms with Crippen LogP contribution in [0.5, 0.6) is 0 Å². The van der Waals surface area contributed by atoms with Crippen LogP contribution in [-0.2, 0) is 27.2 Å². The van der Waals surface area contributed by atoms with Crippen LogP contribution in [0.1, 0.15) is 50.7 Å². The first-order valence-electron chi connectivity index (χ1n) is 20.9. The first-order chi connectivity index (χ1) is 29.4. The van der Waals surface area contributed by atoms with E-state index < -0.39 is 0 Å². The Morgan fingerprint density at radius 1 is 0.459 bits per heavy atom. The predicted molar refractivity (Wildman–Crippen MR) is 251 cm³/mol. The Balaban J connectivity index is 0.000000147. The SMILES string of the molecule is CC(C)c1cccc(C(C)C)c1-n1c(-c2[c-]cccc2)nc2ccccc21.Cn1c(-c2[c-]cccc2)nc2ccc3c(ccc4c3c3cccc5c6ccccc6n4c53)c21.[Ir]. The van der Waals surface area contributed by atoms with Crippen LogP contribution in [0, 0.1) is 12.1 Å². The Bertz CT molecular complexity index is 3530. The molecular formula is C55H43IrN5-2. The summed E-state index contributed by atoms with van der Waals surface area (Å²) in [7, 11) is 2.11. The fourth-order valence-electron chi connectivity index (χ4n) is 9.55. The molecule has 0 aliphatic carbocycles. The summed E-state index contributed by atoms with van der Waals surface area (Å²) in [5.74, 6) is 2.74. The fourth-order valence-corrected chi connectivity index (χ4v) is 9.55. The van der Waals surface area contributed by atoms with Crippen molar-refractivity contribution in [2.45, 2.75) is 39.5 Å². The first kappa shape index (κ1) is 38.6. The number of fused-ring (bicyclic) bond motifs is 11. The van der Waals surface area contributed by atoms with Gasteiger partial charge in [0.2, 0.25) is 0 Å². The van der Waals surface area contributed by atoms with Gasteiger partial charge in [-0.05, 0) is 58.7 Å². The van der Waals surface area contributed by atoms with Crippen LogP contribution in [0.15, 0.2) is 158 Å². The third-order valence-electron chi connectivity index (χ3n) is 12.2. The van der Waals surface area contributed by atoms with Gasteiger partial charge in [0.1, 0.15) is 0 Å². The molecule has 8 aromatic carbocycles. The first-order valence-corrected chi connectivity index (χ1v) is 20.9. The summed E-state index contributed by atoms with van der Waals surface area (Å²) in [5, 5.41) is 7.75. The maximum atomic E-state index is 4.99. The molecule has 0 amide bonds. The summed E-state index contributed by atoms with van der Waals surface area (Å²) in [5.41, 5.74) is 14.2. The van der Waals surface area contributed by atoms with Gasteiger partial charge in [-0.2, -0.15) is 0 Å². The third-order valence-corrected chi connectivity index (χ3v) is 12.2. The molecule has 0 saturated heterocycles. The van der Waals surface area contributed by atoms with E-state index in [-0.39, 0.29) is 20.1 Å². The Morgan fingerprint density at radius 3 is 1.74 bits per heavy atom. The van der Waals surface area contributed by atoms with Crippen molar-refractivity contribution in [2.24, 2.45) is 7.05 Å². The number of imidazole rings is 2. The van der Waals surface area contributed by atoms with E-state index >= 15 is 0 Å². The molecule has 6 heteroatoms. The normalized spacial score (nSPS) is 11.9. The molecule has 0 aliphatic rings. The molecule has 61 heavy (non-hydrogen) atoms. The number of para-hydroxylation sites is 5. The van der Waals surface area contributed by atoms with Crippen molar-refractivity contribution in [2.75, 3.05) is 0 Å². The van der Waals surface area contributed by atoms with Gasteiger partial charge in [-0.25, -0.2) is 0 Å². The number of nitrogens with zero attached hydrogens (tertiary/aromatic N) is 5. The maximum Gasteiger partial charge on any atom is 0.0777 e. The van der Waals surface area contributed by atoms with Crippen molar-refractivity contribution in [3.8, 4) is 28.5 Å². The van der Waals surface area contributed by atoms with Crippen molar-refractivity contribution in [1.29, 1.82) is 0 Å². The molecule has 0 aliphatic heterocycles. The zero-order valence-corrected chi connectivity index (χ0v) is 37.1. The zero-order chi connectivity index (χ0) is 40.6. The number of aryl methyl sites for hydroxylation is 1. The number of hydrogen-bond donors (Lipinski definition) is 0. The topological polar surface area (TPSA) is 40.0 Å². The molecule has 0 unspecified atom stereocenters. The van der Waals surface area contributed by atoms with Crippen LogP contribution in [0.3, 0.4) is 0 Å². The molecule has 5 nitrogen and oxygen atoms in total. The minimum absolute atomic E-state index is 0. The van der Waals surface area contributed by atoms with E-state index in [9.17, 15) is 0 Å². The van der Waals surface area contributed by atoms with E-state index in [4.69, 9.17) is 9.97 Å². The van der Waals surface area contributed by atoms with Crippen LogP contribution in [0.25, 0.3) is 99.4 Å². The van der Waals surface area contributed by atoms with Gasteiger partial charge in [0.05, 0.1) is 50.3 Å². The van der Waals surface area contributed by atoms with Crippen molar-refractivity contribution in [3.63, 3.8) is 0 Å². The van der Waals surface area contributed by atoms with E-state index in [1.165, 1.54) is 65.7 Å². The van der Waals surface area contributed by atoms with Gasteiger partial charge in [0.15, 0.2) is 0 Å². The van der Waals surface area contributed by atoms with Gasteiger partial charge in [-0.15, -0.1) is 71.8 Å².